The number of aromatic amines is 1. The van der Waals surface area contributed by atoms with Crippen LogP contribution in [0, 0.1) is 0 Å². The molecule has 2 N–H and O–H groups in total. The van der Waals surface area contributed by atoms with E-state index in [0.29, 0.717) is 18.7 Å². The van der Waals surface area contributed by atoms with E-state index < -0.39 is 0 Å². The van der Waals surface area contributed by atoms with Crippen LogP contribution < -0.4 is 5.32 Å². The van der Waals surface area contributed by atoms with Crippen molar-refractivity contribution in [3.8, 4) is 0 Å². The lowest BCUT2D eigenvalue weighted by molar-refractivity contribution is 0.0939. The van der Waals surface area contributed by atoms with E-state index in [2.05, 4.69) is 15.3 Å². The standard InChI is InChI=1S/C11H13N3O2/c1-16-6-5-13-11(15)9-7-14-10-8(9)3-2-4-12-10/h2-4,7H,5-6H2,1H3,(H,12,14)(H,13,15). The summed E-state index contributed by atoms with van der Waals surface area (Å²) in [5, 5.41) is 3.60. The molecule has 5 nitrogen and oxygen atoms in total. The second-order valence-corrected chi connectivity index (χ2v) is 3.35. The molecule has 2 rings (SSSR count). The van der Waals surface area contributed by atoms with Crippen molar-refractivity contribution >= 4 is 16.9 Å². The second kappa shape index (κ2) is 4.76. The fraction of sp³-hybridized carbons (Fsp3) is 0.273. The third-order valence-electron chi connectivity index (χ3n) is 2.29. The molecule has 0 aliphatic rings. The number of ether oxygens (including phenoxy) is 1. The molecule has 0 unspecified atom stereocenters. The Balaban J connectivity index is 2.17. The Morgan fingerprint density at radius 1 is 1.62 bits per heavy atom. The van der Waals surface area contributed by atoms with Gasteiger partial charge in [-0.1, -0.05) is 0 Å². The molecule has 0 saturated carbocycles. The normalized spacial score (nSPS) is 10.6. The zero-order valence-electron chi connectivity index (χ0n) is 8.99. The molecule has 0 bridgehead atoms. The number of fused-ring (bicyclic) bond motifs is 1. The van der Waals surface area contributed by atoms with Crippen molar-refractivity contribution in [2.45, 2.75) is 0 Å². The van der Waals surface area contributed by atoms with E-state index in [-0.39, 0.29) is 5.91 Å². The number of nitrogens with zero attached hydrogens (tertiary/aromatic N) is 1. The molecule has 0 saturated heterocycles. The van der Waals surface area contributed by atoms with Crippen LogP contribution in [0.1, 0.15) is 10.4 Å². The van der Waals surface area contributed by atoms with Crippen LogP contribution in [0.15, 0.2) is 24.5 Å². The molecule has 2 heterocycles. The van der Waals surface area contributed by atoms with Crippen molar-refractivity contribution < 1.29 is 9.53 Å². The lowest BCUT2D eigenvalue weighted by Gasteiger charge is -2.02. The van der Waals surface area contributed by atoms with Gasteiger partial charge in [-0.2, -0.15) is 0 Å². The largest absolute Gasteiger partial charge is 0.383 e. The highest BCUT2D eigenvalue weighted by Gasteiger charge is 2.11. The summed E-state index contributed by atoms with van der Waals surface area (Å²) in [7, 11) is 1.60. The van der Waals surface area contributed by atoms with Crippen molar-refractivity contribution in [1.29, 1.82) is 0 Å². The summed E-state index contributed by atoms with van der Waals surface area (Å²) in [5.74, 6) is -0.115. The maximum atomic E-state index is 11.8. The van der Waals surface area contributed by atoms with Crippen molar-refractivity contribution in [2.24, 2.45) is 0 Å². The van der Waals surface area contributed by atoms with Crippen molar-refractivity contribution in [2.75, 3.05) is 20.3 Å². The molecule has 16 heavy (non-hydrogen) atoms. The zero-order valence-corrected chi connectivity index (χ0v) is 8.99. The lowest BCUT2D eigenvalue weighted by Crippen LogP contribution is -2.26. The van der Waals surface area contributed by atoms with Gasteiger partial charge in [0, 0.05) is 31.4 Å². The van der Waals surface area contributed by atoms with E-state index in [1.807, 2.05) is 12.1 Å². The fourth-order valence-corrected chi connectivity index (χ4v) is 1.51. The monoisotopic (exact) mass is 219 g/mol. The molecule has 0 aliphatic heterocycles. The Morgan fingerprint density at radius 2 is 2.50 bits per heavy atom. The van der Waals surface area contributed by atoms with Crippen molar-refractivity contribution in [3.05, 3.63) is 30.1 Å². The van der Waals surface area contributed by atoms with Crippen molar-refractivity contribution in [1.82, 2.24) is 15.3 Å². The molecule has 0 aliphatic carbocycles. The molecule has 0 radical (unpaired) electrons. The number of H-pyrrole nitrogens is 1. The van der Waals surface area contributed by atoms with Gasteiger partial charge >= 0.3 is 0 Å². The summed E-state index contributed by atoms with van der Waals surface area (Å²) < 4.78 is 4.86. The minimum absolute atomic E-state index is 0.115. The average molecular weight is 219 g/mol. The van der Waals surface area contributed by atoms with E-state index >= 15 is 0 Å². The molecule has 0 aromatic carbocycles. The summed E-state index contributed by atoms with van der Waals surface area (Å²) in [6.45, 7) is 1.01. The molecule has 84 valence electrons. The van der Waals surface area contributed by atoms with Crippen LogP contribution in [0.3, 0.4) is 0 Å². The molecule has 2 aromatic heterocycles. The Bertz CT molecular complexity index is 493. The summed E-state index contributed by atoms with van der Waals surface area (Å²) in [5.41, 5.74) is 1.33. The van der Waals surface area contributed by atoms with Crippen LogP contribution >= 0.6 is 0 Å². The van der Waals surface area contributed by atoms with E-state index in [1.165, 1.54) is 0 Å². The number of carbonyl (C=O) groups is 1. The van der Waals surface area contributed by atoms with E-state index in [1.54, 1.807) is 19.5 Å². The van der Waals surface area contributed by atoms with Crippen LogP contribution in [0.4, 0.5) is 0 Å². The first-order valence-corrected chi connectivity index (χ1v) is 5.02. The Hall–Kier alpha value is -1.88. The van der Waals surface area contributed by atoms with Gasteiger partial charge in [-0.05, 0) is 12.1 Å². The van der Waals surface area contributed by atoms with Gasteiger partial charge < -0.3 is 15.0 Å². The number of nitrogens with one attached hydrogen (secondary N) is 2. The number of carbonyl (C=O) groups excluding carboxylic acids is 1. The van der Waals surface area contributed by atoms with Gasteiger partial charge in [0.15, 0.2) is 0 Å². The van der Waals surface area contributed by atoms with Gasteiger partial charge in [0.05, 0.1) is 12.2 Å². The highest BCUT2D eigenvalue weighted by molar-refractivity contribution is 6.05. The number of amides is 1. The van der Waals surface area contributed by atoms with Gasteiger partial charge in [-0.25, -0.2) is 4.98 Å². The van der Waals surface area contributed by atoms with E-state index in [4.69, 9.17) is 4.74 Å². The topological polar surface area (TPSA) is 67.0 Å². The molecular formula is C11H13N3O2. The Labute approximate surface area is 92.8 Å². The Kier molecular flexibility index (Phi) is 3.16. The van der Waals surface area contributed by atoms with Gasteiger partial charge in [0.1, 0.15) is 5.65 Å². The third kappa shape index (κ3) is 2.04. The van der Waals surface area contributed by atoms with E-state index in [0.717, 1.165) is 11.0 Å². The molecule has 5 heteroatoms. The maximum absolute atomic E-state index is 11.8. The summed E-state index contributed by atoms with van der Waals surface area (Å²) in [6, 6.07) is 3.67. The number of hydrogen-bond acceptors (Lipinski definition) is 3. The number of hydrogen-bond donors (Lipinski definition) is 2. The highest BCUT2D eigenvalue weighted by atomic mass is 16.5. The molecule has 2 aromatic rings. The minimum Gasteiger partial charge on any atom is -0.383 e. The predicted molar refractivity (Wildman–Crippen MR) is 60.3 cm³/mol. The van der Waals surface area contributed by atoms with Crippen molar-refractivity contribution in [3.63, 3.8) is 0 Å². The molecule has 0 atom stereocenters. The van der Waals surface area contributed by atoms with Crippen LogP contribution in [0.2, 0.25) is 0 Å². The predicted octanol–water partition coefficient (Wildman–Crippen LogP) is 0.939. The van der Waals surface area contributed by atoms with Crippen LogP contribution in [-0.2, 0) is 4.74 Å². The summed E-state index contributed by atoms with van der Waals surface area (Å²) >= 11 is 0. The second-order valence-electron chi connectivity index (χ2n) is 3.35. The van der Waals surface area contributed by atoms with Gasteiger partial charge in [-0.15, -0.1) is 0 Å². The summed E-state index contributed by atoms with van der Waals surface area (Å²) in [6.07, 6.45) is 3.35. The zero-order chi connectivity index (χ0) is 11.4. The Morgan fingerprint density at radius 3 is 3.31 bits per heavy atom. The smallest absolute Gasteiger partial charge is 0.253 e. The molecule has 0 fully saturated rings. The maximum Gasteiger partial charge on any atom is 0.253 e. The highest BCUT2D eigenvalue weighted by Crippen LogP contribution is 2.14. The van der Waals surface area contributed by atoms with Crippen LogP contribution in [0.5, 0.6) is 0 Å². The minimum atomic E-state index is -0.115. The molecule has 0 spiro atoms. The number of methoxy groups -OCH3 is 1. The van der Waals surface area contributed by atoms with Gasteiger partial charge in [0.2, 0.25) is 0 Å². The quantitative estimate of drug-likeness (QED) is 0.752. The number of rotatable bonds is 4. The average Bonchev–Trinajstić information content (AvgIpc) is 2.73. The van der Waals surface area contributed by atoms with Crippen LogP contribution in [-0.4, -0.2) is 36.1 Å². The van der Waals surface area contributed by atoms with Gasteiger partial charge in [0.25, 0.3) is 5.91 Å². The first kappa shape index (κ1) is 10.6. The lowest BCUT2D eigenvalue weighted by atomic mass is 10.2. The molecule has 1 amide bonds. The number of aromatic nitrogens is 2. The third-order valence-corrected chi connectivity index (χ3v) is 2.29. The summed E-state index contributed by atoms with van der Waals surface area (Å²) in [4.78, 5) is 18.9. The first-order valence-electron chi connectivity index (χ1n) is 5.02. The first-order chi connectivity index (χ1) is 7.83. The van der Waals surface area contributed by atoms with Crippen LogP contribution in [0.25, 0.3) is 11.0 Å². The SMILES string of the molecule is COCCNC(=O)c1c[nH]c2ncccc12. The van der Waals surface area contributed by atoms with E-state index in [9.17, 15) is 4.79 Å². The molecular weight excluding hydrogens is 206 g/mol. The van der Waals surface area contributed by atoms with Gasteiger partial charge in [-0.3, -0.25) is 4.79 Å². The number of pyridine rings is 1. The fourth-order valence-electron chi connectivity index (χ4n) is 1.51.